The molecule has 0 amide bonds. The summed E-state index contributed by atoms with van der Waals surface area (Å²) in [7, 11) is 0. The smallest absolute Gasteiger partial charge is 0.303 e. The highest BCUT2D eigenvalue weighted by Gasteiger charge is 2.13. The molecule has 0 aliphatic heterocycles. The molecule has 4 heteroatoms. The van der Waals surface area contributed by atoms with Crippen LogP contribution in [0.2, 0.25) is 0 Å². The maximum atomic E-state index is 10.7. The number of rotatable bonds is 8. The van der Waals surface area contributed by atoms with Gasteiger partial charge in [-0.25, -0.2) is 0 Å². The summed E-state index contributed by atoms with van der Waals surface area (Å²) in [6, 6.07) is 15.6. The minimum atomic E-state index is -0.808. The molecule has 0 saturated heterocycles. The summed E-state index contributed by atoms with van der Waals surface area (Å²) in [6.45, 7) is 7.38. The van der Waals surface area contributed by atoms with E-state index in [-0.39, 0.29) is 11.8 Å². The molecule has 4 nitrogen and oxygen atoms in total. The Morgan fingerprint density at radius 1 is 0.960 bits per heavy atom. The Bertz CT molecular complexity index is 684. The first-order valence-corrected chi connectivity index (χ1v) is 8.52. The highest BCUT2D eigenvalue weighted by atomic mass is 16.5. The number of carboxylic acids is 1. The number of benzene rings is 2. The predicted octanol–water partition coefficient (Wildman–Crippen LogP) is 4.46. The normalized spacial score (nSPS) is 11.2. The fourth-order valence-electron chi connectivity index (χ4n) is 2.46. The minimum Gasteiger partial charge on any atom is -0.490 e. The molecule has 2 rings (SSSR count). The van der Waals surface area contributed by atoms with Crippen molar-refractivity contribution < 1.29 is 19.4 Å². The van der Waals surface area contributed by atoms with Crippen LogP contribution in [0.4, 0.5) is 0 Å². The zero-order valence-corrected chi connectivity index (χ0v) is 15.1. The molecule has 2 aromatic rings. The Hall–Kier alpha value is -2.49. The van der Waals surface area contributed by atoms with Gasteiger partial charge in [-0.3, -0.25) is 4.79 Å². The lowest BCUT2D eigenvalue weighted by Crippen LogP contribution is -2.12. The summed E-state index contributed by atoms with van der Waals surface area (Å²) in [5, 5.41) is 8.81. The van der Waals surface area contributed by atoms with Gasteiger partial charge in [0.1, 0.15) is 24.7 Å². The van der Waals surface area contributed by atoms with E-state index >= 15 is 0 Å². The van der Waals surface area contributed by atoms with Crippen LogP contribution in [0.1, 0.15) is 38.3 Å². The Morgan fingerprint density at radius 2 is 1.60 bits per heavy atom. The van der Waals surface area contributed by atoms with Gasteiger partial charge in [0, 0.05) is 6.42 Å². The van der Waals surface area contributed by atoms with Crippen LogP contribution in [-0.2, 0) is 16.6 Å². The van der Waals surface area contributed by atoms with Crippen molar-refractivity contribution in [2.45, 2.75) is 39.0 Å². The average Bonchev–Trinajstić information content (AvgIpc) is 2.57. The highest BCUT2D eigenvalue weighted by molar-refractivity contribution is 5.67. The number of hydrogen-bond donors (Lipinski definition) is 1. The molecule has 0 atom stereocenters. The molecule has 1 N–H and O–H groups in total. The number of ether oxygens (including phenoxy) is 2. The zero-order valence-electron chi connectivity index (χ0n) is 15.1. The molecule has 0 spiro atoms. The predicted molar refractivity (Wildman–Crippen MR) is 98.5 cm³/mol. The Kier molecular flexibility index (Phi) is 6.45. The number of hydrogen-bond acceptors (Lipinski definition) is 3. The van der Waals surface area contributed by atoms with Crippen LogP contribution in [0.15, 0.2) is 48.5 Å². The first-order chi connectivity index (χ1) is 11.9. The van der Waals surface area contributed by atoms with E-state index in [9.17, 15) is 4.79 Å². The molecule has 25 heavy (non-hydrogen) atoms. The molecule has 0 radical (unpaired) electrons. The summed E-state index contributed by atoms with van der Waals surface area (Å²) in [4.78, 5) is 10.7. The molecule has 0 bridgehead atoms. The fourth-order valence-corrected chi connectivity index (χ4v) is 2.46. The first-order valence-electron chi connectivity index (χ1n) is 8.52. The molecule has 0 aliphatic rings. The van der Waals surface area contributed by atoms with Crippen molar-refractivity contribution in [2.24, 2.45) is 0 Å². The van der Waals surface area contributed by atoms with E-state index < -0.39 is 5.97 Å². The fraction of sp³-hybridized carbons (Fsp3) is 0.381. The van der Waals surface area contributed by atoms with Crippen LogP contribution >= 0.6 is 0 Å². The van der Waals surface area contributed by atoms with Gasteiger partial charge in [-0.05, 0) is 41.2 Å². The number of para-hydroxylation sites is 1. The molecule has 134 valence electrons. The van der Waals surface area contributed by atoms with Crippen LogP contribution < -0.4 is 9.47 Å². The molecule has 0 fully saturated rings. The van der Waals surface area contributed by atoms with E-state index in [4.69, 9.17) is 14.6 Å². The van der Waals surface area contributed by atoms with Gasteiger partial charge in [-0.1, -0.05) is 51.1 Å². The van der Waals surface area contributed by atoms with E-state index in [1.807, 2.05) is 36.4 Å². The standard InChI is InChI=1S/C21H26O4/c1-21(2,3)17-9-11-18(12-10-17)24-14-15-25-19-7-5-4-6-16(19)8-13-20(22)23/h4-7,9-12H,8,13-15H2,1-3H3,(H,22,23). The van der Waals surface area contributed by atoms with Crippen LogP contribution in [0, 0.1) is 0 Å². The van der Waals surface area contributed by atoms with Crippen molar-refractivity contribution in [1.82, 2.24) is 0 Å². The lowest BCUT2D eigenvalue weighted by Gasteiger charge is -2.19. The summed E-state index contributed by atoms with van der Waals surface area (Å²) >= 11 is 0. The molecule has 2 aromatic carbocycles. The summed E-state index contributed by atoms with van der Waals surface area (Å²) < 4.78 is 11.5. The van der Waals surface area contributed by atoms with E-state index in [2.05, 4.69) is 32.9 Å². The molecule has 0 unspecified atom stereocenters. The number of aryl methyl sites for hydroxylation is 1. The van der Waals surface area contributed by atoms with Gasteiger partial charge in [0.05, 0.1) is 0 Å². The topological polar surface area (TPSA) is 55.8 Å². The maximum absolute atomic E-state index is 10.7. The number of aliphatic carboxylic acids is 1. The largest absolute Gasteiger partial charge is 0.490 e. The Labute approximate surface area is 149 Å². The van der Waals surface area contributed by atoms with Crippen LogP contribution in [0.25, 0.3) is 0 Å². The van der Waals surface area contributed by atoms with Crippen molar-refractivity contribution in [2.75, 3.05) is 13.2 Å². The molecule has 0 saturated carbocycles. The quantitative estimate of drug-likeness (QED) is 0.720. The average molecular weight is 342 g/mol. The van der Waals surface area contributed by atoms with E-state index in [1.54, 1.807) is 0 Å². The third-order valence-corrected chi connectivity index (χ3v) is 3.91. The van der Waals surface area contributed by atoms with E-state index in [0.29, 0.717) is 19.6 Å². The van der Waals surface area contributed by atoms with Gasteiger partial charge in [0.2, 0.25) is 0 Å². The second kappa shape index (κ2) is 8.56. The van der Waals surface area contributed by atoms with Gasteiger partial charge < -0.3 is 14.6 Å². The van der Waals surface area contributed by atoms with Crippen molar-refractivity contribution in [1.29, 1.82) is 0 Å². The van der Waals surface area contributed by atoms with Crippen LogP contribution in [0.3, 0.4) is 0 Å². The van der Waals surface area contributed by atoms with Gasteiger partial charge in [-0.15, -0.1) is 0 Å². The summed E-state index contributed by atoms with van der Waals surface area (Å²) in [5.41, 5.74) is 2.30. The molecular weight excluding hydrogens is 316 g/mol. The molecule has 0 aromatic heterocycles. The van der Waals surface area contributed by atoms with Gasteiger partial charge in [-0.2, -0.15) is 0 Å². The maximum Gasteiger partial charge on any atom is 0.303 e. The Balaban J connectivity index is 1.82. The monoisotopic (exact) mass is 342 g/mol. The zero-order chi connectivity index (χ0) is 18.3. The Morgan fingerprint density at radius 3 is 2.24 bits per heavy atom. The molecular formula is C21H26O4. The second-order valence-corrected chi connectivity index (χ2v) is 6.97. The van der Waals surface area contributed by atoms with Crippen LogP contribution in [-0.4, -0.2) is 24.3 Å². The van der Waals surface area contributed by atoms with Crippen molar-refractivity contribution in [3.8, 4) is 11.5 Å². The summed E-state index contributed by atoms with van der Waals surface area (Å²) in [5.74, 6) is 0.725. The highest BCUT2D eigenvalue weighted by Crippen LogP contribution is 2.24. The number of carbonyl (C=O) groups is 1. The van der Waals surface area contributed by atoms with E-state index in [1.165, 1.54) is 5.56 Å². The molecule has 0 aliphatic carbocycles. The van der Waals surface area contributed by atoms with Gasteiger partial charge >= 0.3 is 5.97 Å². The van der Waals surface area contributed by atoms with Crippen molar-refractivity contribution >= 4 is 5.97 Å². The van der Waals surface area contributed by atoms with E-state index in [0.717, 1.165) is 17.1 Å². The second-order valence-electron chi connectivity index (χ2n) is 6.97. The third-order valence-electron chi connectivity index (χ3n) is 3.91. The molecule has 0 heterocycles. The van der Waals surface area contributed by atoms with Gasteiger partial charge in [0.25, 0.3) is 0 Å². The first kappa shape index (κ1) is 18.8. The third kappa shape index (κ3) is 6.14. The summed E-state index contributed by atoms with van der Waals surface area (Å²) in [6.07, 6.45) is 0.553. The lowest BCUT2D eigenvalue weighted by atomic mass is 9.87. The number of carboxylic acid groups (broad SMARTS) is 1. The van der Waals surface area contributed by atoms with Crippen molar-refractivity contribution in [3.63, 3.8) is 0 Å². The van der Waals surface area contributed by atoms with Crippen molar-refractivity contribution in [3.05, 3.63) is 59.7 Å². The SMILES string of the molecule is CC(C)(C)c1ccc(OCCOc2ccccc2CCC(=O)O)cc1. The minimum absolute atomic E-state index is 0.0942. The van der Waals surface area contributed by atoms with Crippen LogP contribution in [0.5, 0.6) is 11.5 Å². The lowest BCUT2D eigenvalue weighted by molar-refractivity contribution is -0.136. The van der Waals surface area contributed by atoms with Gasteiger partial charge in [0.15, 0.2) is 0 Å².